The first-order valence-electron chi connectivity index (χ1n) is 17.4. The van der Waals surface area contributed by atoms with E-state index in [1.54, 1.807) is 17.9 Å². The van der Waals surface area contributed by atoms with Gasteiger partial charge in [-0.15, -0.1) is 0 Å². The van der Waals surface area contributed by atoms with Crippen LogP contribution < -0.4 is 10.1 Å². The van der Waals surface area contributed by atoms with Crippen molar-refractivity contribution >= 4 is 23.7 Å². The average Bonchev–Trinajstić information content (AvgIpc) is 3.27. The van der Waals surface area contributed by atoms with Crippen LogP contribution in [0.2, 0.25) is 0 Å². The van der Waals surface area contributed by atoms with E-state index in [2.05, 4.69) is 22.2 Å². The molecule has 2 N–H and O–H groups in total. The number of urea groups is 1. The topological polar surface area (TPSA) is 118 Å². The van der Waals surface area contributed by atoms with Crippen LogP contribution in [0.5, 0.6) is 11.5 Å². The van der Waals surface area contributed by atoms with E-state index in [0.717, 1.165) is 62.3 Å². The maximum absolute atomic E-state index is 14.1. The Bertz CT molecular complexity index is 1460. The Kier molecular flexibility index (Phi) is 10.6. The van der Waals surface area contributed by atoms with Crippen LogP contribution in [0.3, 0.4) is 0 Å². The van der Waals surface area contributed by atoms with Crippen molar-refractivity contribution in [1.29, 1.82) is 0 Å². The van der Waals surface area contributed by atoms with Crippen molar-refractivity contribution in [3.05, 3.63) is 53.1 Å². The number of para-hydroxylation sites is 1. The summed E-state index contributed by atoms with van der Waals surface area (Å²) in [5.41, 5.74) is 3.34. The number of carbonyl (C=O) groups excluding carboxylic acids is 3. The second kappa shape index (κ2) is 15.0. The third-order valence-electron chi connectivity index (χ3n) is 10.6. The van der Waals surface area contributed by atoms with Crippen LogP contribution in [0.15, 0.2) is 36.4 Å². The lowest BCUT2D eigenvalue weighted by Gasteiger charge is -2.42. The van der Waals surface area contributed by atoms with Gasteiger partial charge in [-0.05, 0) is 74.9 Å². The molecule has 48 heavy (non-hydrogen) atoms. The van der Waals surface area contributed by atoms with E-state index in [1.165, 1.54) is 7.11 Å². The monoisotopic (exact) mass is 662 g/mol. The number of likely N-dealkylation sites (tertiary alicyclic amines) is 2. The number of piperidine rings is 2. The Labute approximate surface area is 283 Å². The first kappa shape index (κ1) is 33.9. The van der Waals surface area contributed by atoms with E-state index in [0.29, 0.717) is 62.9 Å². The number of piperazine rings is 1. The number of anilines is 1. The van der Waals surface area contributed by atoms with E-state index < -0.39 is 12.2 Å². The number of methoxy groups -OCH3 is 1. The molecule has 0 bridgehead atoms. The minimum Gasteiger partial charge on any atom is -0.504 e. The summed E-state index contributed by atoms with van der Waals surface area (Å²) in [6.45, 7) is 8.72. The fraction of sp³-hybridized carbons (Fsp3) is 0.583. The van der Waals surface area contributed by atoms with Crippen molar-refractivity contribution in [3.8, 4) is 11.5 Å². The number of rotatable bonds is 7. The van der Waals surface area contributed by atoms with Crippen molar-refractivity contribution < 1.29 is 29.0 Å². The third-order valence-corrected chi connectivity index (χ3v) is 10.6. The van der Waals surface area contributed by atoms with Gasteiger partial charge in [-0.25, -0.2) is 9.59 Å². The van der Waals surface area contributed by atoms with Gasteiger partial charge in [0.25, 0.3) is 5.91 Å². The minimum atomic E-state index is -1.01. The molecule has 4 aliphatic rings. The highest BCUT2D eigenvalue weighted by Gasteiger charge is 2.36. The largest absolute Gasteiger partial charge is 0.504 e. The molecule has 1 unspecified atom stereocenters. The molecule has 2 aromatic rings. The van der Waals surface area contributed by atoms with Gasteiger partial charge >= 0.3 is 12.1 Å². The molecule has 0 aromatic heterocycles. The lowest BCUT2D eigenvalue weighted by Crippen LogP contribution is -2.54. The summed E-state index contributed by atoms with van der Waals surface area (Å²) in [6, 6.07) is 11.7. The van der Waals surface area contributed by atoms with Gasteiger partial charge in [0.1, 0.15) is 0 Å². The summed E-state index contributed by atoms with van der Waals surface area (Å²) >= 11 is 0. The molecular formula is C36H50N6O6. The van der Waals surface area contributed by atoms with Gasteiger partial charge in [-0.3, -0.25) is 9.69 Å². The van der Waals surface area contributed by atoms with Gasteiger partial charge in [0, 0.05) is 83.1 Å². The predicted molar refractivity (Wildman–Crippen MR) is 183 cm³/mol. The van der Waals surface area contributed by atoms with E-state index in [1.807, 2.05) is 40.1 Å². The highest BCUT2D eigenvalue weighted by molar-refractivity contribution is 5.91. The van der Waals surface area contributed by atoms with Crippen molar-refractivity contribution in [2.75, 3.05) is 78.4 Å². The van der Waals surface area contributed by atoms with E-state index in [-0.39, 0.29) is 30.2 Å². The standard InChI is InChI=1S/C36H50N6O6/c1-25-22-26(23-31(47-3)33(25)43)24-32(34(44)40-13-9-28(10-14-40)39-20-18-38(2)19-21-39)48-36(46)41-15-11-29(12-16-41)42-17-8-27-6-4-5-7-30(27)37-35(42)45/h4-7,22-23,28-29,32,43H,8-21,24H2,1-3H3,(H,37,45). The number of hydrogen-bond acceptors (Lipinski definition) is 8. The fourth-order valence-corrected chi connectivity index (χ4v) is 7.62. The number of ether oxygens (including phenoxy) is 2. The number of nitrogens with one attached hydrogen (secondary N) is 1. The quantitative estimate of drug-likeness (QED) is 0.463. The Morgan fingerprint density at radius 1 is 0.917 bits per heavy atom. The van der Waals surface area contributed by atoms with Gasteiger partial charge in [0.15, 0.2) is 17.6 Å². The number of phenolic OH excluding ortho intramolecular Hbond substituents is 1. The number of aromatic hydroxyl groups is 1. The number of aryl methyl sites for hydroxylation is 1. The van der Waals surface area contributed by atoms with Crippen molar-refractivity contribution in [2.24, 2.45) is 0 Å². The summed E-state index contributed by atoms with van der Waals surface area (Å²) < 4.78 is 11.4. The molecule has 3 fully saturated rings. The number of phenols is 1. The van der Waals surface area contributed by atoms with Crippen LogP contribution in [0.25, 0.3) is 0 Å². The van der Waals surface area contributed by atoms with Crippen molar-refractivity contribution in [1.82, 2.24) is 24.5 Å². The van der Waals surface area contributed by atoms with E-state index >= 15 is 0 Å². The molecule has 12 nitrogen and oxygen atoms in total. The van der Waals surface area contributed by atoms with E-state index in [9.17, 15) is 19.5 Å². The fourth-order valence-electron chi connectivity index (χ4n) is 7.62. The van der Waals surface area contributed by atoms with Crippen molar-refractivity contribution in [3.63, 3.8) is 0 Å². The molecule has 0 aliphatic carbocycles. The highest BCUT2D eigenvalue weighted by atomic mass is 16.6. The zero-order valence-electron chi connectivity index (χ0n) is 28.5. The van der Waals surface area contributed by atoms with Gasteiger partial charge in [-0.1, -0.05) is 24.3 Å². The normalized spacial score (nSPS) is 20.9. The molecule has 0 spiro atoms. The van der Waals surface area contributed by atoms with Gasteiger partial charge in [0.2, 0.25) is 0 Å². The molecule has 12 heteroatoms. The molecule has 260 valence electrons. The first-order valence-corrected chi connectivity index (χ1v) is 17.4. The summed E-state index contributed by atoms with van der Waals surface area (Å²) in [4.78, 5) is 51.1. The van der Waals surface area contributed by atoms with Crippen LogP contribution >= 0.6 is 0 Å². The van der Waals surface area contributed by atoms with Crippen LogP contribution in [-0.2, 0) is 22.4 Å². The maximum Gasteiger partial charge on any atom is 0.410 e. The second-order valence-corrected chi connectivity index (χ2v) is 13.7. The van der Waals surface area contributed by atoms with Crippen LogP contribution in [-0.4, -0.2) is 139 Å². The summed E-state index contributed by atoms with van der Waals surface area (Å²) in [6.07, 6.45) is 2.46. The first-order chi connectivity index (χ1) is 23.2. The molecule has 2 aromatic carbocycles. The Balaban J connectivity index is 1.09. The molecule has 4 aliphatic heterocycles. The molecule has 4 amide bonds. The molecule has 1 atom stereocenters. The van der Waals surface area contributed by atoms with Crippen LogP contribution in [0, 0.1) is 6.92 Å². The highest BCUT2D eigenvalue weighted by Crippen LogP contribution is 2.32. The number of likely N-dealkylation sites (N-methyl/N-ethyl adjacent to an activating group) is 1. The predicted octanol–water partition coefficient (Wildman–Crippen LogP) is 3.55. The van der Waals surface area contributed by atoms with Gasteiger partial charge < -0.3 is 39.5 Å². The molecule has 0 saturated carbocycles. The number of amides is 4. The molecule has 3 saturated heterocycles. The third kappa shape index (κ3) is 7.65. The maximum atomic E-state index is 14.1. The molecular weight excluding hydrogens is 612 g/mol. The number of carbonyl (C=O) groups is 3. The number of benzene rings is 2. The Morgan fingerprint density at radius 3 is 2.29 bits per heavy atom. The molecule has 0 radical (unpaired) electrons. The SMILES string of the molecule is COc1cc(CC(OC(=O)N2CCC(N3CCc4ccccc4NC3=O)CC2)C(=O)N2CCC(N3CCN(C)CC3)CC2)cc(C)c1O. The number of nitrogens with zero attached hydrogens (tertiary/aromatic N) is 5. The zero-order chi connectivity index (χ0) is 33.8. The van der Waals surface area contributed by atoms with Gasteiger partial charge in [0.05, 0.1) is 7.11 Å². The average molecular weight is 663 g/mol. The summed E-state index contributed by atoms with van der Waals surface area (Å²) in [5.74, 6) is 0.177. The number of hydrogen-bond donors (Lipinski definition) is 2. The zero-order valence-corrected chi connectivity index (χ0v) is 28.5. The molecule has 6 rings (SSSR count). The molecule has 4 heterocycles. The van der Waals surface area contributed by atoms with Gasteiger partial charge in [-0.2, -0.15) is 0 Å². The van der Waals surface area contributed by atoms with Crippen LogP contribution in [0.4, 0.5) is 15.3 Å². The van der Waals surface area contributed by atoms with Crippen molar-refractivity contribution in [2.45, 2.75) is 63.6 Å². The lowest BCUT2D eigenvalue weighted by atomic mass is 9.99. The summed E-state index contributed by atoms with van der Waals surface area (Å²) in [7, 11) is 3.64. The second-order valence-electron chi connectivity index (χ2n) is 13.7. The number of fused-ring (bicyclic) bond motifs is 1. The Morgan fingerprint density at radius 2 is 1.58 bits per heavy atom. The summed E-state index contributed by atoms with van der Waals surface area (Å²) in [5, 5.41) is 13.4. The van der Waals surface area contributed by atoms with E-state index in [4.69, 9.17) is 9.47 Å². The lowest BCUT2D eigenvalue weighted by molar-refractivity contribution is -0.142. The van der Waals surface area contributed by atoms with Crippen LogP contribution in [0.1, 0.15) is 42.4 Å². The Hall–Kier alpha value is -4.03. The minimum absolute atomic E-state index is 0.00910. The smallest absolute Gasteiger partial charge is 0.410 e.